The summed E-state index contributed by atoms with van der Waals surface area (Å²) in [7, 11) is 0. The van der Waals surface area contributed by atoms with Gasteiger partial charge in [-0.05, 0) is 50.3 Å². The fourth-order valence-corrected chi connectivity index (χ4v) is 3.98. The van der Waals surface area contributed by atoms with Crippen LogP contribution in [0.25, 0.3) is 10.2 Å². The van der Waals surface area contributed by atoms with Crippen LogP contribution in [-0.2, 0) is 11.3 Å². The highest BCUT2D eigenvalue weighted by Crippen LogP contribution is 2.13. The van der Waals surface area contributed by atoms with E-state index in [0.29, 0.717) is 24.9 Å². The Kier molecular flexibility index (Phi) is 6.58. The molecule has 0 spiro atoms. The number of likely N-dealkylation sites (tertiary alicyclic amines) is 1. The number of hydrogen-bond donors (Lipinski definition) is 1. The predicted octanol–water partition coefficient (Wildman–Crippen LogP) is 2.23. The second kappa shape index (κ2) is 9.10. The van der Waals surface area contributed by atoms with E-state index in [1.54, 1.807) is 6.07 Å². The van der Waals surface area contributed by atoms with Crippen LogP contribution in [0.15, 0.2) is 22.6 Å². The van der Waals surface area contributed by atoms with Gasteiger partial charge in [0.2, 0.25) is 5.91 Å². The van der Waals surface area contributed by atoms with Crippen molar-refractivity contribution in [3.8, 4) is 0 Å². The average molecular weight is 362 g/mol. The Morgan fingerprint density at radius 1 is 1.20 bits per heavy atom. The van der Waals surface area contributed by atoms with Gasteiger partial charge in [0.05, 0.1) is 11.7 Å². The van der Waals surface area contributed by atoms with Crippen LogP contribution in [-0.4, -0.2) is 46.5 Å². The zero-order chi connectivity index (χ0) is 17.5. The van der Waals surface area contributed by atoms with Crippen molar-refractivity contribution in [3.05, 3.63) is 28.1 Å². The quantitative estimate of drug-likeness (QED) is 0.767. The summed E-state index contributed by atoms with van der Waals surface area (Å²) in [5, 5.41) is 5.45. The van der Waals surface area contributed by atoms with Gasteiger partial charge in [-0.1, -0.05) is 12.8 Å². The number of rotatable bonds is 7. The summed E-state index contributed by atoms with van der Waals surface area (Å²) in [5.74, 6) is -0.00631. The zero-order valence-corrected chi connectivity index (χ0v) is 15.4. The molecule has 3 rings (SSSR count). The number of carbonyl (C=O) groups is 1. The third-order valence-corrected chi connectivity index (χ3v) is 5.52. The second-order valence-corrected chi connectivity index (χ2v) is 7.49. The van der Waals surface area contributed by atoms with Gasteiger partial charge in [-0.3, -0.25) is 14.2 Å². The minimum absolute atomic E-state index is 0.00631. The highest BCUT2D eigenvalue weighted by Gasteiger charge is 2.09. The SMILES string of the molecule is O=C(CCn1cnc2sccc2c1=O)NCCCN1CCCCCC1. The lowest BCUT2D eigenvalue weighted by molar-refractivity contribution is -0.121. The van der Waals surface area contributed by atoms with Crippen LogP contribution in [0.1, 0.15) is 38.5 Å². The van der Waals surface area contributed by atoms with Gasteiger partial charge in [0.1, 0.15) is 4.83 Å². The summed E-state index contributed by atoms with van der Waals surface area (Å²) in [6.45, 7) is 4.50. The minimum Gasteiger partial charge on any atom is -0.356 e. The Bertz CT molecular complexity index is 747. The third kappa shape index (κ3) is 5.12. The molecule has 6 nitrogen and oxygen atoms in total. The Morgan fingerprint density at radius 2 is 2.00 bits per heavy atom. The first-order valence-corrected chi connectivity index (χ1v) is 10.0. The van der Waals surface area contributed by atoms with Gasteiger partial charge in [-0.25, -0.2) is 4.98 Å². The lowest BCUT2D eigenvalue weighted by Gasteiger charge is -2.19. The number of nitrogens with one attached hydrogen (secondary N) is 1. The summed E-state index contributed by atoms with van der Waals surface area (Å²) in [6, 6.07) is 1.79. The first-order chi connectivity index (χ1) is 12.2. The topological polar surface area (TPSA) is 67.2 Å². The van der Waals surface area contributed by atoms with Crippen molar-refractivity contribution in [2.45, 2.75) is 45.1 Å². The van der Waals surface area contributed by atoms with Gasteiger partial charge in [-0.2, -0.15) is 0 Å². The molecule has 0 saturated carbocycles. The highest BCUT2D eigenvalue weighted by atomic mass is 32.1. The molecule has 136 valence electrons. The number of hydrogen-bond acceptors (Lipinski definition) is 5. The molecule has 0 bridgehead atoms. The molecule has 1 N–H and O–H groups in total. The zero-order valence-electron chi connectivity index (χ0n) is 14.6. The number of fused-ring (bicyclic) bond motifs is 1. The Hall–Kier alpha value is -1.73. The van der Waals surface area contributed by atoms with E-state index in [-0.39, 0.29) is 11.5 Å². The number of aromatic nitrogens is 2. The first kappa shape index (κ1) is 18.1. The summed E-state index contributed by atoms with van der Waals surface area (Å²) >= 11 is 1.45. The molecule has 25 heavy (non-hydrogen) atoms. The predicted molar refractivity (Wildman–Crippen MR) is 101 cm³/mol. The highest BCUT2D eigenvalue weighted by molar-refractivity contribution is 7.16. The molecule has 3 heterocycles. The van der Waals surface area contributed by atoms with Crippen molar-refractivity contribution in [1.29, 1.82) is 0 Å². The Balaban J connectivity index is 1.37. The largest absolute Gasteiger partial charge is 0.356 e. The van der Waals surface area contributed by atoms with Crippen LogP contribution in [0.4, 0.5) is 0 Å². The molecule has 7 heteroatoms. The standard InChI is InChI=1S/C18H26N4O2S/c23-16(19-8-5-11-21-9-3-1-2-4-10-21)6-12-22-14-20-17-15(18(22)24)7-13-25-17/h7,13-14H,1-6,8-12H2,(H,19,23). The van der Waals surface area contributed by atoms with Crippen LogP contribution < -0.4 is 10.9 Å². The second-order valence-electron chi connectivity index (χ2n) is 6.59. The number of amides is 1. The molecule has 0 radical (unpaired) electrons. The smallest absolute Gasteiger partial charge is 0.262 e. The van der Waals surface area contributed by atoms with Gasteiger partial charge in [0.25, 0.3) is 5.56 Å². The maximum Gasteiger partial charge on any atom is 0.262 e. The van der Waals surface area contributed by atoms with Crippen molar-refractivity contribution in [1.82, 2.24) is 19.8 Å². The molecule has 1 aliphatic rings. The van der Waals surface area contributed by atoms with Crippen LogP contribution in [0.2, 0.25) is 0 Å². The van der Waals surface area contributed by atoms with E-state index in [1.807, 2.05) is 5.38 Å². The first-order valence-electron chi connectivity index (χ1n) is 9.16. The average Bonchev–Trinajstić information content (AvgIpc) is 2.95. The monoisotopic (exact) mass is 362 g/mol. The molecule has 2 aromatic rings. The fourth-order valence-electron chi connectivity index (χ4n) is 3.25. The molecule has 1 amide bonds. The third-order valence-electron chi connectivity index (χ3n) is 4.70. The number of aryl methyl sites for hydroxylation is 1. The Labute approximate surface area is 151 Å². The van der Waals surface area contributed by atoms with E-state index in [1.165, 1.54) is 61.0 Å². The van der Waals surface area contributed by atoms with Crippen molar-refractivity contribution >= 4 is 27.5 Å². The van der Waals surface area contributed by atoms with E-state index in [4.69, 9.17) is 0 Å². The van der Waals surface area contributed by atoms with Crippen molar-refractivity contribution < 1.29 is 4.79 Å². The Morgan fingerprint density at radius 3 is 2.80 bits per heavy atom. The van der Waals surface area contributed by atoms with Crippen molar-refractivity contribution in [3.63, 3.8) is 0 Å². The van der Waals surface area contributed by atoms with Gasteiger partial charge in [0, 0.05) is 19.5 Å². The van der Waals surface area contributed by atoms with Crippen LogP contribution in [0.3, 0.4) is 0 Å². The summed E-state index contributed by atoms with van der Waals surface area (Å²) < 4.78 is 1.52. The molecule has 0 aliphatic carbocycles. The maximum atomic E-state index is 12.3. The summed E-state index contributed by atoms with van der Waals surface area (Å²) in [6.07, 6.45) is 8.10. The van der Waals surface area contributed by atoms with Gasteiger partial charge in [0.15, 0.2) is 0 Å². The van der Waals surface area contributed by atoms with Gasteiger partial charge in [-0.15, -0.1) is 11.3 Å². The lowest BCUT2D eigenvalue weighted by Crippen LogP contribution is -2.31. The van der Waals surface area contributed by atoms with Crippen LogP contribution in [0, 0.1) is 0 Å². The minimum atomic E-state index is -0.0692. The van der Waals surface area contributed by atoms with E-state index in [0.717, 1.165) is 17.8 Å². The molecule has 0 unspecified atom stereocenters. The van der Waals surface area contributed by atoms with E-state index in [9.17, 15) is 9.59 Å². The molecular formula is C18H26N4O2S. The number of thiophene rings is 1. The number of carbonyl (C=O) groups excluding carboxylic acids is 1. The van der Waals surface area contributed by atoms with Crippen molar-refractivity contribution in [2.75, 3.05) is 26.2 Å². The molecule has 1 aliphatic heterocycles. The molecule has 1 fully saturated rings. The van der Waals surface area contributed by atoms with Gasteiger partial charge >= 0.3 is 0 Å². The molecule has 0 aromatic carbocycles. The molecule has 1 saturated heterocycles. The van der Waals surface area contributed by atoms with E-state index in [2.05, 4.69) is 15.2 Å². The van der Waals surface area contributed by atoms with E-state index >= 15 is 0 Å². The van der Waals surface area contributed by atoms with Crippen molar-refractivity contribution in [2.24, 2.45) is 0 Å². The van der Waals surface area contributed by atoms with E-state index < -0.39 is 0 Å². The normalized spacial score (nSPS) is 16.0. The molecule has 2 aromatic heterocycles. The van der Waals surface area contributed by atoms with Gasteiger partial charge < -0.3 is 10.2 Å². The molecule has 0 atom stereocenters. The van der Waals surface area contributed by atoms with Crippen LogP contribution >= 0.6 is 11.3 Å². The molecular weight excluding hydrogens is 336 g/mol. The fraction of sp³-hybridized carbons (Fsp3) is 0.611. The lowest BCUT2D eigenvalue weighted by atomic mass is 10.2. The maximum absolute atomic E-state index is 12.3. The summed E-state index contributed by atoms with van der Waals surface area (Å²) in [4.78, 5) is 31.8. The van der Waals surface area contributed by atoms with Crippen LogP contribution in [0.5, 0.6) is 0 Å². The summed E-state index contributed by atoms with van der Waals surface area (Å²) in [5.41, 5.74) is -0.0692. The number of nitrogens with zero attached hydrogens (tertiary/aromatic N) is 3.